The van der Waals surface area contributed by atoms with Gasteiger partial charge < -0.3 is 5.11 Å². The Labute approximate surface area is 122 Å². The van der Waals surface area contributed by atoms with Crippen molar-refractivity contribution in [2.75, 3.05) is 0 Å². The molecule has 1 N–H and O–H groups in total. The van der Waals surface area contributed by atoms with Gasteiger partial charge in [-0.2, -0.15) is 0 Å². The molecule has 1 aromatic carbocycles. The first-order valence-electron chi connectivity index (χ1n) is 5.70. The van der Waals surface area contributed by atoms with Crippen LogP contribution in [0.5, 0.6) is 0 Å². The molecular formula is C13H11F2NO2S2. The smallest absolute Gasteiger partial charge is 0.308 e. The zero-order valence-corrected chi connectivity index (χ0v) is 12.2. The molecule has 1 aromatic heterocycles. The zero-order valence-electron chi connectivity index (χ0n) is 10.5. The number of carboxylic acid groups (broad SMARTS) is 1. The summed E-state index contributed by atoms with van der Waals surface area (Å²) in [6.07, 6.45) is -0.0464. The van der Waals surface area contributed by atoms with Gasteiger partial charge in [0, 0.05) is 10.6 Å². The van der Waals surface area contributed by atoms with Gasteiger partial charge >= 0.3 is 5.97 Å². The summed E-state index contributed by atoms with van der Waals surface area (Å²) < 4.78 is 26.6. The van der Waals surface area contributed by atoms with E-state index in [1.807, 2.05) is 0 Å². The van der Waals surface area contributed by atoms with Gasteiger partial charge in [0.1, 0.15) is 0 Å². The van der Waals surface area contributed by atoms with Gasteiger partial charge in [0.25, 0.3) is 0 Å². The summed E-state index contributed by atoms with van der Waals surface area (Å²) in [4.78, 5) is 15.7. The molecule has 1 heterocycles. The molecule has 0 spiro atoms. The quantitative estimate of drug-likeness (QED) is 0.856. The summed E-state index contributed by atoms with van der Waals surface area (Å²) in [7, 11) is 0. The second kappa shape index (κ2) is 6.32. The maximum Gasteiger partial charge on any atom is 0.308 e. The van der Waals surface area contributed by atoms with Crippen LogP contribution >= 0.6 is 23.1 Å². The van der Waals surface area contributed by atoms with E-state index >= 15 is 0 Å². The maximum atomic E-state index is 13.1. The lowest BCUT2D eigenvalue weighted by molar-refractivity contribution is -0.136. The molecule has 20 heavy (non-hydrogen) atoms. The van der Waals surface area contributed by atoms with Gasteiger partial charge in [-0.25, -0.2) is 13.8 Å². The van der Waals surface area contributed by atoms with Crippen LogP contribution in [0, 0.1) is 18.6 Å². The Hall–Kier alpha value is -1.47. The number of hydrogen-bond donors (Lipinski definition) is 1. The predicted octanol–water partition coefficient (Wildman–Crippen LogP) is 3.65. The fourth-order valence-corrected chi connectivity index (χ4v) is 3.71. The number of nitrogens with zero attached hydrogens (tertiary/aromatic N) is 1. The van der Waals surface area contributed by atoms with E-state index in [-0.39, 0.29) is 6.42 Å². The molecule has 0 aliphatic carbocycles. The van der Waals surface area contributed by atoms with E-state index in [9.17, 15) is 13.6 Å². The number of carboxylic acids is 1. The van der Waals surface area contributed by atoms with Crippen molar-refractivity contribution in [2.45, 2.75) is 23.4 Å². The van der Waals surface area contributed by atoms with E-state index < -0.39 is 17.6 Å². The minimum atomic E-state index is -0.895. The lowest BCUT2D eigenvalue weighted by Gasteiger charge is -2.00. The van der Waals surface area contributed by atoms with E-state index in [0.717, 1.165) is 16.5 Å². The molecule has 106 valence electrons. The van der Waals surface area contributed by atoms with Crippen molar-refractivity contribution < 1.29 is 18.7 Å². The zero-order chi connectivity index (χ0) is 14.7. The molecule has 0 unspecified atom stereocenters. The van der Waals surface area contributed by atoms with Crippen LogP contribution in [-0.2, 0) is 17.0 Å². The topological polar surface area (TPSA) is 50.2 Å². The Morgan fingerprint density at radius 1 is 1.40 bits per heavy atom. The number of hydrogen-bond acceptors (Lipinski definition) is 4. The summed E-state index contributed by atoms with van der Waals surface area (Å²) in [5.74, 6) is -2.18. The maximum absolute atomic E-state index is 13.1. The molecule has 0 fully saturated rings. The highest BCUT2D eigenvalue weighted by atomic mass is 32.2. The van der Waals surface area contributed by atoms with Crippen LogP contribution in [0.1, 0.15) is 16.1 Å². The molecule has 0 aliphatic rings. The second-order valence-corrected chi connectivity index (χ2v) is 6.40. The van der Waals surface area contributed by atoms with Crippen molar-refractivity contribution in [1.29, 1.82) is 0 Å². The van der Waals surface area contributed by atoms with E-state index in [4.69, 9.17) is 5.11 Å². The summed E-state index contributed by atoms with van der Waals surface area (Å²) in [6.45, 7) is 1.76. The number of aromatic nitrogens is 1. The summed E-state index contributed by atoms with van der Waals surface area (Å²) in [5, 5.41) is 8.76. The third-order valence-corrected chi connectivity index (χ3v) is 4.90. The molecule has 7 heteroatoms. The molecule has 2 aromatic rings. The Morgan fingerprint density at radius 3 is 2.80 bits per heavy atom. The first-order valence-corrected chi connectivity index (χ1v) is 7.50. The van der Waals surface area contributed by atoms with Crippen LogP contribution in [0.25, 0.3) is 0 Å². The van der Waals surface area contributed by atoms with Gasteiger partial charge in [0.2, 0.25) is 0 Å². The number of thiazole rings is 1. The Bertz CT molecular complexity index is 643. The van der Waals surface area contributed by atoms with Crippen molar-refractivity contribution in [3.8, 4) is 0 Å². The Balaban J connectivity index is 2.03. The Kier molecular flexibility index (Phi) is 4.72. The predicted molar refractivity (Wildman–Crippen MR) is 74.1 cm³/mol. The van der Waals surface area contributed by atoms with Crippen LogP contribution < -0.4 is 0 Å². The summed E-state index contributed by atoms with van der Waals surface area (Å²) in [6, 6.07) is 3.76. The molecule has 0 saturated carbocycles. The highest BCUT2D eigenvalue weighted by molar-refractivity contribution is 8.00. The van der Waals surface area contributed by atoms with Crippen LogP contribution in [0.3, 0.4) is 0 Å². The van der Waals surface area contributed by atoms with Gasteiger partial charge in [0.05, 0.1) is 12.1 Å². The van der Waals surface area contributed by atoms with Crippen LogP contribution in [0.4, 0.5) is 8.78 Å². The number of aliphatic carboxylic acids is 1. The standard InChI is InChI=1S/C13H11F2NO2S2/c1-7-11(5-12(17)18)20-13(16-7)19-6-8-2-3-9(14)10(15)4-8/h2-4H,5-6H2,1H3,(H,17,18). The monoisotopic (exact) mass is 315 g/mol. The average molecular weight is 315 g/mol. The average Bonchev–Trinajstić information content (AvgIpc) is 2.71. The highest BCUT2D eigenvalue weighted by Gasteiger charge is 2.11. The summed E-state index contributed by atoms with van der Waals surface area (Å²) in [5.41, 5.74) is 1.35. The molecule has 0 atom stereocenters. The van der Waals surface area contributed by atoms with Crippen molar-refractivity contribution in [3.63, 3.8) is 0 Å². The van der Waals surface area contributed by atoms with Crippen molar-refractivity contribution in [2.24, 2.45) is 0 Å². The highest BCUT2D eigenvalue weighted by Crippen LogP contribution is 2.30. The molecule has 3 nitrogen and oxygen atoms in total. The Morgan fingerprint density at radius 2 is 2.15 bits per heavy atom. The van der Waals surface area contributed by atoms with Crippen molar-refractivity contribution in [3.05, 3.63) is 46.0 Å². The third-order valence-electron chi connectivity index (χ3n) is 2.53. The molecule has 0 aliphatic heterocycles. The van der Waals surface area contributed by atoms with Crippen LogP contribution in [0.15, 0.2) is 22.5 Å². The van der Waals surface area contributed by atoms with Gasteiger partial charge in [-0.3, -0.25) is 4.79 Å². The van der Waals surface area contributed by atoms with Gasteiger partial charge in [-0.05, 0) is 24.6 Å². The third kappa shape index (κ3) is 3.77. The molecule has 2 rings (SSSR count). The van der Waals surface area contributed by atoms with E-state index in [1.165, 1.54) is 29.2 Å². The fraction of sp³-hybridized carbons (Fsp3) is 0.231. The number of thioether (sulfide) groups is 1. The number of aryl methyl sites for hydroxylation is 1. The minimum absolute atomic E-state index is 0.0464. The normalized spacial score (nSPS) is 10.8. The molecule has 0 bridgehead atoms. The van der Waals surface area contributed by atoms with E-state index in [1.54, 1.807) is 6.92 Å². The largest absolute Gasteiger partial charge is 0.481 e. The number of benzene rings is 1. The lowest BCUT2D eigenvalue weighted by Crippen LogP contribution is -1.99. The van der Waals surface area contributed by atoms with Gasteiger partial charge in [-0.1, -0.05) is 17.8 Å². The van der Waals surface area contributed by atoms with Gasteiger partial charge in [-0.15, -0.1) is 11.3 Å². The minimum Gasteiger partial charge on any atom is -0.481 e. The molecule has 0 radical (unpaired) electrons. The number of carbonyl (C=O) groups is 1. The number of rotatable bonds is 5. The molecule has 0 amide bonds. The second-order valence-electron chi connectivity index (χ2n) is 4.10. The van der Waals surface area contributed by atoms with Crippen molar-refractivity contribution >= 4 is 29.1 Å². The van der Waals surface area contributed by atoms with E-state index in [2.05, 4.69) is 4.98 Å². The van der Waals surface area contributed by atoms with Gasteiger partial charge in [0.15, 0.2) is 16.0 Å². The first kappa shape index (κ1) is 14.9. The summed E-state index contributed by atoms with van der Waals surface area (Å²) >= 11 is 2.69. The van der Waals surface area contributed by atoms with E-state index in [0.29, 0.717) is 21.9 Å². The lowest BCUT2D eigenvalue weighted by atomic mass is 10.2. The first-order chi connectivity index (χ1) is 9.45. The fourth-order valence-electron chi connectivity index (χ4n) is 1.54. The van der Waals surface area contributed by atoms with Crippen LogP contribution in [-0.4, -0.2) is 16.1 Å². The van der Waals surface area contributed by atoms with Crippen LogP contribution in [0.2, 0.25) is 0 Å². The number of halogens is 2. The SMILES string of the molecule is Cc1nc(SCc2ccc(F)c(F)c2)sc1CC(=O)O. The molecule has 0 saturated heterocycles. The van der Waals surface area contributed by atoms with Crippen molar-refractivity contribution in [1.82, 2.24) is 4.98 Å². The molecular weight excluding hydrogens is 304 g/mol.